The first-order valence-electron chi connectivity index (χ1n) is 9.01. The lowest BCUT2D eigenvalue weighted by Gasteiger charge is -2.33. The first kappa shape index (κ1) is 15.8. The van der Waals surface area contributed by atoms with Gasteiger partial charge in [-0.3, -0.25) is 9.59 Å². The van der Waals surface area contributed by atoms with Crippen molar-refractivity contribution in [3.8, 4) is 0 Å². The molecule has 0 spiro atoms. The Labute approximate surface area is 133 Å². The van der Waals surface area contributed by atoms with Crippen LogP contribution in [0.5, 0.6) is 0 Å². The Balaban J connectivity index is 1.37. The van der Waals surface area contributed by atoms with Crippen LogP contribution in [0.4, 0.5) is 0 Å². The maximum atomic E-state index is 12.3. The van der Waals surface area contributed by atoms with Crippen molar-refractivity contribution in [3.05, 3.63) is 0 Å². The van der Waals surface area contributed by atoms with Crippen molar-refractivity contribution in [3.63, 3.8) is 0 Å². The second kappa shape index (κ2) is 7.44. The number of likely N-dealkylation sites (tertiary alicyclic amines) is 1. The van der Waals surface area contributed by atoms with E-state index in [0.29, 0.717) is 18.4 Å². The number of amides is 2. The Morgan fingerprint density at radius 1 is 1.09 bits per heavy atom. The molecule has 22 heavy (non-hydrogen) atoms. The van der Waals surface area contributed by atoms with Crippen LogP contribution in [0.2, 0.25) is 0 Å². The zero-order chi connectivity index (χ0) is 15.4. The van der Waals surface area contributed by atoms with Crippen molar-refractivity contribution >= 4 is 11.8 Å². The molecule has 1 aliphatic carbocycles. The highest BCUT2D eigenvalue weighted by Crippen LogP contribution is 2.33. The highest BCUT2D eigenvalue weighted by molar-refractivity contribution is 5.82. The van der Waals surface area contributed by atoms with E-state index in [9.17, 15) is 9.59 Å². The molecule has 2 unspecified atom stereocenters. The summed E-state index contributed by atoms with van der Waals surface area (Å²) >= 11 is 0. The SMILES string of the molecule is O=C(NCC1CCCN(C(=O)CCC2CC2)C1)C1CCCN1. The number of carbonyl (C=O) groups excluding carboxylic acids is 2. The Morgan fingerprint density at radius 2 is 1.95 bits per heavy atom. The molecular weight excluding hydrogens is 278 g/mol. The van der Waals surface area contributed by atoms with Crippen molar-refractivity contribution in [2.24, 2.45) is 11.8 Å². The summed E-state index contributed by atoms with van der Waals surface area (Å²) in [5, 5.41) is 6.30. The summed E-state index contributed by atoms with van der Waals surface area (Å²) in [5.41, 5.74) is 0. The number of hydrogen-bond acceptors (Lipinski definition) is 3. The van der Waals surface area contributed by atoms with Gasteiger partial charge in [0.15, 0.2) is 0 Å². The average molecular weight is 307 g/mol. The molecule has 0 aromatic heterocycles. The standard InChI is InChI=1S/C17H29N3O2/c21-16(8-7-13-5-6-13)20-10-2-3-14(12-20)11-19-17(22)15-4-1-9-18-15/h13-15,18H,1-12H2,(H,19,22). The van der Waals surface area contributed by atoms with Gasteiger partial charge in [0.2, 0.25) is 11.8 Å². The third-order valence-corrected chi connectivity index (χ3v) is 5.28. The van der Waals surface area contributed by atoms with Crippen molar-refractivity contribution in [1.29, 1.82) is 0 Å². The van der Waals surface area contributed by atoms with E-state index >= 15 is 0 Å². The van der Waals surface area contributed by atoms with Crippen LogP contribution in [-0.2, 0) is 9.59 Å². The zero-order valence-corrected chi connectivity index (χ0v) is 13.5. The lowest BCUT2D eigenvalue weighted by molar-refractivity contribution is -0.133. The van der Waals surface area contributed by atoms with Gasteiger partial charge in [0.25, 0.3) is 0 Å². The first-order chi connectivity index (χ1) is 10.7. The highest BCUT2D eigenvalue weighted by Gasteiger charge is 2.28. The zero-order valence-electron chi connectivity index (χ0n) is 13.5. The maximum absolute atomic E-state index is 12.3. The summed E-state index contributed by atoms with van der Waals surface area (Å²) in [6.07, 6.45) is 8.64. The van der Waals surface area contributed by atoms with Gasteiger partial charge in [0.05, 0.1) is 6.04 Å². The molecule has 2 atom stereocenters. The van der Waals surface area contributed by atoms with Crippen molar-refractivity contribution in [1.82, 2.24) is 15.5 Å². The van der Waals surface area contributed by atoms with Gasteiger partial charge in [-0.15, -0.1) is 0 Å². The smallest absolute Gasteiger partial charge is 0.237 e. The molecule has 2 saturated heterocycles. The normalized spacial score (nSPS) is 28.6. The van der Waals surface area contributed by atoms with E-state index in [1.807, 2.05) is 4.90 Å². The minimum atomic E-state index is -0.000123. The van der Waals surface area contributed by atoms with Gasteiger partial charge in [-0.05, 0) is 50.5 Å². The largest absolute Gasteiger partial charge is 0.354 e. The van der Waals surface area contributed by atoms with E-state index in [1.165, 1.54) is 12.8 Å². The van der Waals surface area contributed by atoms with Gasteiger partial charge in [0, 0.05) is 26.1 Å². The molecule has 1 saturated carbocycles. The molecule has 2 N–H and O–H groups in total. The van der Waals surface area contributed by atoms with Crippen LogP contribution in [0.15, 0.2) is 0 Å². The van der Waals surface area contributed by atoms with Crippen molar-refractivity contribution in [2.75, 3.05) is 26.2 Å². The van der Waals surface area contributed by atoms with E-state index in [4.69, 9.17) is 0 Å². The van der Waals surface area contributed by atoms with Crippen LogP contribution in [0.3, 0.4) is 0 Å². The van der Waals surface area contributed by atoms with Gasteiger partial charge < -0.3 is 15.5 Å². The van der Waals surface area contributed by atoms with Crippen molar-refractivity contribution < 1.29 is 9.59 Å². The number of nitrogens with one attached hydrogen (secondary N) is 2. The third-order valence-electron chi connectivity index (χ3n) is 5.28. The molecule has 0 aromatic rings. The van der Waals surface area contributed by atoms with Gasteiger partial charge in [-0.1, -0.05) is 12.8 Å². The minimum Gasteiger partial charge on any atom is -0.354 e. The number of nitrogens with zero attached hydrogens (tertiary/aromatic N) is 1. The maximum Gasteiger partial charge on any atom is 0.237 e. The number of carbonyl (C=O) groups is 2. The van der Waals surface area contributed by atoms with Crippen molar-refractivity contribution in [2.45, 2.75) is 57.4 Å². The summed E-state index contributed by atoms with van der Waals surface area (Å²) in [4.78, 5) is 26.3. The number of piperidine rings is 1. The molecule has 3 fully saturated rings. The topological polar surface area (TPSA) is 61.4 Å². The molecule has 124 valence electrons. The monoisotopic (exact) mass is 307 g/mol. The Bertz CT molecular complexity index is 403. The minimum absolute atomic E-state index is 0.000123. The third kappa shape index (κ3) is 4.45. The first-order valence-corrected chi connectivity index (χ1v) is 9.01. The molecule has 3 rings (SSSR count). The Kier molecular flexibility index (Phi) is 5.34. The average Bonchev–Trinajstić information content (AvgIpc) is 3.21. The second-order valence-corrected chi connectivity index (χ2v) is 7.22. The second-order valence-electron chi connectivity index (χ2n) is 7.22. The Hall–Kier alpha value is -1.10. The van der Waals surface area contributed by atoms with E-state index in [-0.39, 0.29) is 11.9 Å². The van der Waals surface area contributed by atoms with Gasteiger partial charge in [0.1, 0.15) is 0 Å². The summed E-state index contributed by atoms with van der Waals surface area (Å²) in [7, 11) is 0. The molecule has 2 aliphatic heterocycles. The van der Waals surface area contributed by atoms with Crippen LogP contribution in [-0.4, -0.2) is 48.9 Å². The molecule has 2 amide bonds. The molecular formula is C17H29N3O2. The summed E-state index contributed by atoms with van der Waals surface area (Å²) in [6.45, 7) is 3.38. The quantitative estimate of drug-likeness (QED) is 0.777. The summed E-state index contributed by atoms with van der Waals surface area (Å²) in [5.74, 6) is 1.70. The molecule has 5 nitrogen and oxygen atoms in total. The molecule has 3 aliphatic rings. The van der Waals surface area contributed by atoms with Crippen LogP contribution in [0.1, 0.15) is 51.4 Å². The van der Waals surface area contributed by atoms with Crippen LogP contribution in [0, 0.1) is 11.8 Å². The van der Waals surface area contributed by atoms with E-state index < -0.39 is 0 Å². The molecule has 0 bridgehead atoms. The molecule has 0 aromatic carbocycles. The molecule has 2 heterocycles. The fourth-order valence-corrected chi connectivity index (χ4v) is 3.63. The number of hydrogen-bond donors (Lipinski definition) is 2. The van der Waals surface area contributed by atoms with Gasteiger partial charge in [-0.2, -0.15) is 0 Å². The highest BCUT2D eigenvalue weighted by atomic mass is 16.2. The predicted molar refractivity (Wildman–Crippen MR) is 85.3 cm³/mol. The molecule has 0 radical (unpaired) electrons. The van der Waals surface area contributed by atoms with Gasteiger partial charge >= 0.3 is 0 Å². The molecule has 5 heteroatoms. The fraction of sp³-hybridized carbons (Fsp3) is 0.882. The van der Waals surface area contributed by atoms with Crippen LogP contribution >= 0.6 is 0 Å². The number of rotatable bonds is 6. The lowest BCUT2D eigenvalue weighted by Crippen LogP contribution is -2.46. The Morgan fingerprint density at radius 3 is 2.68 bits per heavy atom. The van der Waals surface area contributed by atoms with E-state index in [2.05, 4.69) is 10.6 Å². The lowest BCUT2D eigenvalue weighted by atomic mass is 9.97. The van der Waals surface area contributed by atoms with Crippen LogP contribution in [0.25, 0.3) is 0 Å². The predicted octanol–water partition coefficient (Wildman–Crippen LogP) is 1.28. The summed E-state index contributed by atoms with van der Waals surface area (Å²) < 4.78 is 0. The van der Waals surface area contributed by atoms with Gasteiger partial charge in [-0.25, -0.2) is 0 Å². The fourth-order valence-electron chi connectivity index (χ4n) is 3.63. The van der Waals surface area contributed by atoms with E-state index in [1.54, 1.807) is 0 Å². The summed E-state index contributed by atoms with van der Waals surface area (Å²) in [6, 6.07) is -0.000123. The van der Waals surface area contributed by atoms with E-state index in [0.717, 1.165) is 64.1 Å². The van der Waals surface area contributed by atoms with Crippen LogP contribution < -0.4 is 10.6 Å².